The topological polar surface area (TPSA) is 88.9 Å². The van der Waals surface area contributed by atoms with Crippen LogP contribution >= 0.6 is 0 Å². The highest BCUT2D eigenvalue weighted by atomic mass is 32.2. The van der Waals surface area contributed by atoms with Gasteiger partial charge < -0.3 is 10.6 Å². The minimum absolute atomic E-state index is 0.240. The molecule has 2 aromatic heterocycles. The smallest absolute Gasteiger partial charge is 0.269 e. The van der Waals surface area contributed by atoms with E-state index in [1.807, 2.05) is 6.92 Å². The van der Waals surface area contributed by atoms with Gasteiger partial charge in [0.15, 0.2) is 5.65 Å². The van der Waals surface area contributed by atoms with E-state index >= 15 is 0 Å². The Morgan fingerprint density at radius 3 is 2.72 bits per heavy atom. The first-order valence-corrected chi connectivity index (χ1v) is 9.61. The molecule has 1 saturated heterocycles. The Balaban J connectivity index is 1.77. The molecule has 3 aromatic rings. The molecule has 8 heteroatoms. The van der Waals surface area contributed by atoms with Crippen molar-refractivity contribution in [2.75, 3.05) is 18.4 Å². The lowest BCUT2D eigenvalue weighted by Crippen LogP contribution is -2.22. The molecule has 130 valence electrons. The van der Waals surface area contributed by atoms with Gasteiger partial charge in [0.1, 0.15) is 12.1 Å². The standard InChI is InChI=1S/C17H19N5O2S/c1-12-2-4-14(5-3-12)25(23,24)22-9-7-15-16(19-11-20-17(15)22)21-13-6-8-18-10-13/h2-5,7,9,11,13,18H,6,8,10H2,1H3,(H,19,20,21)/t13-/m0/s1. The highest BCUT2D eigenvalue weighted by molar-refractivity contribution is 7.90. The number of rotatable bonds is 4. The van der Waals surface area contributed by atoms with Gasteiger partial charge in [-0.25, -0.2) is 22.4 Å². The monoisotopic (exact) mass is 357 g/mol. The third-order valence-corrected chi connectivity index (χ3v) is 6.11. The van der Waals surface area contributed by atoms with Crippen LogP contribution in [-0.4, -0.2) is 41.5 Å². The first-order chi connectivity index (χ1) is 12.1. The third-order valence-electron chi connectivity index (χ3n) is 4.43. The summed E-state index contributed by atoms with van der Waals surface area (Å²) >= 11 is 0. The van der Waals surface area contributed by atoms with E-state index in [4.69, 9.17) is 0 Å². The van der Waals surface area contributed by atoms with E-state index in [0.717, 1.165) is 25.1 Å². The summed E-state index contributed by atoms with van der Waals surface area (Å²) in [6.45, 7) is 3.76. The Labute approximate surface area is 146 Å². The van der Waals surface area contributed by atoms with Gasteiger partial charge in [-0.1, -0.05) is 17.7 Å². The number of anilines is 1. The molecule has 0 bridgehead atoms. The molecule has 0 saturated carbocycles. The van der Waals surface area contributed by atoms with Crippen LogP contribution in [0.4, 0.5) is 5.82 Å². The zero-order valence-corrected chi connectivity index (χ0v) is 14.6. The molecule has 1 aliphatic heterocycles. The fourth-order valence-electron chi connectivity index (χ4n) is 3.03. The Morgan fingerprint density at radius 1 is 1.20 bits per heavy atom. The molecule has 2 N–H and O–H groups in total. The van der Waals surface area contributed by atoms with Gasteiger partial charge in [-0.15, -0.1) is 0 Å². The van der Waals surface area contributed by atoms with E-state index in [-0.39, 0.29) is 10.9 Å². The molecule has 1 atom stereocenters. The quantitative estimate of drug-likeness (QED) is 0.739. The molecule has 0 unspecified atom stereocenters. The zero-order chi connectivity index (χ0) is 17.4. The van der Waals surface area contributed by atoms with Gasteiger partial charge in [0.05, 0.1) is 10.3 Å². The van der Waals surface area contributed by atoms with E-state index in [0.29, 0.717) is 16.9 Å². The van der Waals surface area contributed by atoms with E-state index in [1.165, 1.54) is 16.5 Å². The summed E-state index contributed by atoms with van der Waals surface area (Å²) in [7, 11) is -3.70. The number of aryl methyl sites for hydroxylation is 1. The van der Waals surface area contributed by atoms with E-state index in [1.54, 1.807) is 30.3 Å². The van der Waals surface area contributed by atoms with Crippen molar-refractivity contribution in [3.05, 3.63) is 48.4 Å². The average molecular weight is 357 g/mol. The predicted octanol–water partition coefficient (Wildman–Crippen LogP) is 1.75. The van der Waals surface area contributed by atoms with Crippen LogP contribution in [0.1, 0.15) is 12.0 Å². The molecule has 0 amide bonds. The number of hydrogen-bond donors (Lipinski definition) is 2. The maximum absolute atomic E-state index is 12.9. The van der Waals surface area contributed by atoms with Crippen LogP contribution in [0.5, 0.6) is 0 Å². The zero-order valence-electron chi connectivity index (χ0n) is 13.8. The van der Waals surface area contributed by atoms with Crippen LogP contribution in [0, 0.1) is 6.92 Å². The number of nitrogens with zero attached hydrogens (tertiary/aromatic N) is 3. The lowest BCUT2D eigenvalue weighted by molar-refractivity contribution is 0.588. The Kier molecular flexibility index (Phi) is 3.93. The Hall–Kier alpha value is -2.45. The summed E-state index contributed by atoms with van der Waals surface area (Å²) in [6, 6.07) is 8.82. The fraction of sp³-hybridized carbons (Fsp3) is 0.294. The summed E-state index contributed by atoms with van der Waals surface area (Å²) in [5, 5.41) is 7.36. The molecule has 1 aliphatic rings. The van der Waals surface area contributed by atoms with Gasteiger partial charge in [0, 0.05) is 18.8 Å². The summed E-state index contributed by atoms with van der Waals surface area (Å²) in [4.78, 5) is 8.73. The first-order valence-electron chi connectivity index (χ1n) is 8.17. The van der Waals surface area contributed by atoms with Crippen LogP contribution in [-0.2, 0) is 10.0 Å². The maximum atomic E-state index is 12.9. The van der Waals surface area contributed by atoms with Crippen molar-refractivity contribution < 1.29 is 8.42 Å². The lowest BCUT2D eigenvalue weighted by atomic mass is 10.2. The van der Waals surface area contributed by atoms with Gasteiger partial charge in [-0.05, 0) is 38.1 Å². The van der Waals surface area contributed by atoms with Crippen molar-refractivity contribution >= 4 is 26.9 Å². The van der Waals surface area contributed by atoms with Gasteiger partial charge in [-0.2, -0.15) is 0 Å². The highest BCUT2D eigenvalue weighted by Crippen LogP contribution is 2.25. The Morgan fingerprint density at radius 2 is 2.00 bits per heavy atom. The third kappa shape index (κ3) is 2.87. The van der Waals surface area contributed by atoms with E-state index < -0.39 is 10.0 Å². The maximum Gasteiger partial charge on any atom is 0.269 e. The molecule has 0 spiro atoms. The second kappa shape index (κ2) is 6.12. The Bertz CT molecular complexity index is 1010. The normalized spacial score (nSPS) is 17.9. The molecule has 1 aromatic carbocycles. The summed E-state index contributed by atoms with van der Waals surface area (Å²) < 4.78 is 27.1. The number of benzene rings is 1. The van der Waals surface area contributed by atoms with E-state index in [2.05, 4.69) is 20.6 Å². The van der Waals surface area contributed by atoms with Crippen molar-refractivity contribution in [3.8, 4) is 0 Å². The van der Waals surface area contributed by atoms with Crippen molar-refractivity contribution in [2.45, 2.75) is 24.3 Å². The first kappa shape index (κ1) is 16.0. The average Bonchev–Trinajstić information content (AvgIpc) is 3.25. The summed E-state index contributed by atoms with van der Waals surface area (Å²) in [5.41, 5.74) is 1.39. The second-order valence-electron chi connectivity index (χ2n) is 6.22. The van der Waals surface area contributed by atoms with Crippen molar-refractivity contribution in [1.29, 1.82) is 0 Å². The van der Waals surface area contributed by atoms with Gasteiger partial charge in [0.2, 0.25) is 0 Å². The van der Waals surface area contributed by atoms with Crippen LogP contribution in [0.25, 0.3) is 11.0 Å². The van der Waals surface area contributed by atoms with Gasteiger partial charge in [-0.3, -0.25) is 0 Å². The summed E-state index contributed by atoms with van der Waals surface area (Å²) in [5.74, 6) is 0.663. The lowest BCUT2D eigenvalue weighted by Gasteiger charge is -2.13. The van der Waals surface area contributed by atoms with Crippen molar-refractivity contribution in [3.63, 3.8) is 0 Å². The van der Waals surface area contributed by atoms with Crippen LogP contribution < -0.4 is 10.6 Å². The molecule has 7 nitrogen and oxygen atoms in total. The minimum atomic E-state index is -3.70. The van der Waals surface area contributed by atoms with Gasteiger partial charge >= 0.3 is 0 Å². The molecule has 3 heterocycles. The van der Waals surface area contributed by atoms with E-state index in [9.17, 15) is 8.42 Å². The predicted molar refractivity (Wildman–Crippen MR) is 96.2 cm³/mol. The van der Waals surface area contributed by atoms with Crippen LogP contribution in [0.2, 0.25) is 0 Å². The van der Waals surface area contributed by atoms with Crippen LogP contribution in [0.15, 0.2) is 47.8 Å². The number of aromatic nitrogens is 3. The number of fused-ring (bicyclic) bond motifs is 1. The molecular formula is C17H19N5O2S. The van der Waals surface area contributed by atoms with Crippen molar-refractivity contribution in [2.24, 2.45) is 0 Å². The van der Waals surface area contributed by atoms with Gasteiger partial charge in [0.25, 0.3) is 10.0 Å². The number of nitrogens with one attached hydrogen (secondary N) is 2. The highest BCUT2D eigenvalue weighted by Gasteiger charge is 2.22. The molecular weight excluding hydrogens is 338 g/mol. The SMILES string of the molecule is Cc1ccc(S(=O)(=O)n2ccc3c(N[C@H]4CCNC4)ncnc32)cc1. The molecule has 25 heavy (non-hydrogen) atoms. The molecule has 0 radical (unpaired) electrons. The molecule has 0 aliphatic carbocycles. The fourth-order valence-corrected chi connectivity index (χ4v) is 4.33. The second-order valence-corrected chi connectivity index (χ2v) is 8.04. The minimum Gasteiger partial charge on any atom is -0.365 e. The molecule has 1 fully saturated rings. The largest absolute Gasteiger partial charge is 0.365 e. The number of hydrogen-bond acceptors (Lipinski definition) is 6. The van der Waals surface area contributed by atoms with Crippen LogP contribution in [0.3, 0.4) is 0 Å². The summed E-state index contributed by atoms with van der Waals surface area (Å²) in [6.07, 6.45) is 3.94. The molecule has 4 rings (SSSR count). The van der Waals surface area contributed by atoms with Crippen molar-refractivity contribution in [1.82, 2.24) is 19.3 Å².